The van der Waals surface area contributed by atoms with Gasteiger partial charge in [0.25, 0.3) is 5.91 Å². The number of benzene rings is 3. The summed E-state index contributed by atoms with van der Waals surface area (Å²) in [5, 5.41) is 0.982. The fourth-order valence-electron chi connectivity index (χ4n) is 6.63. The van der Waals surface area contributed by atoms with Gasteiger partial charge in [-0.05, 0) is 60.4 Å². The molecule has 1 saturated carbocycles. The predicted octanol–water partition coefficient (Wildman–Crippen LogP) is 7.20. The highest BCUT2D eigenvalue weighted by molar-refractivity contribution is 6.06. The zero-order valence-electron chi connectivity index (χ0n) is 21.1. The highest BCUT2D eigenvalue weighted by atomic mass is 16.2. The van der Waals surface area contributed by atoms with Crippen molar-refractivity contribution in [3.8, 4) is 11.1 Å². The molecule has 1 aromatic heterocycles. The number of Topliss-reactive ketones (excluding diaryl/α,β-unsaturated/α-hetero) is 1. The van der Waals surface area contributed by atoms with Gasteiger partial charge in [-0.2, -0.15) is 0 Å². The van der Waals surface area contributed by atoms with Crippen LogP contribution in [-0.2, 0) is 0 Å². The minimum Gasteiger partial charge on any atom is -0.335 e. The van der Waals surface area contributed by atoms with E-state index >= 15 is 0 Å². The summed E-state index contributed by atoms with van der Waals surface area (Å²) in [7, 11) is 0. The van der Waals surface area contributed by atoms with Gasteiger partial charge in [-0.25, -0.2) is 0 Å². The lowest BCUT2D eigenvalue weighted by molar-refractivity contribution is 0.0698. The maximum atomic E-state index is 14.1. The van der Waals surface area contributed by atoms with Crippen LogP contribution in [0.4, 0.5) is 0 Å². The number of pyridine rings is 1. The third-order valence-electron chi connectivity index (χ3n) is 8.40. The van der Waals surface area contributed by atoms with Gasteiger partial charge in [0, 0.05) is 41.7 Å². The Hall–Kier alpha value is -3.79. The largest absolute Gasteiger partial charge is 0.335 e. The number of amides is 1. The molecule has 6 rings (SSSR count). The Balaban J connectivity index is 1.28. The van der Waals surface area contributed by atoms with Gasteiger partial charge >= 0.3 is 0 Å². The lowest BCUT2D eigenvalue weighted by atomic mass is 9.77. The molecule has 0 bridgehead atoms. The number of para-hydroxylation sites is 1. The van der Waals surface area contributed by atoms with Crippen molar-refractivity contribution in [2.75, 3.05) is 6.54 Å². The third kappa shape index (κ3) is 4.57. The summed E-state index contributed by atoms with van der Waals surface area (Å²) < 4.78 is 0. The SMILES string of the molecule is O=C(CC[C@@H]1[C@H]2CCCC[C@H]2CN1C(=O)c1ccccc1-c1ccccc1)c1cccc2cccnc12. The van der Waals surface area contributed by atoms with Gasteiger partial charge in [-0.3, -0.25) is 14.6 Å². The number of carbonyl (C=O) groups excluding carboxylic acids is 2. The molecule has 0 N–H and O–H groups in total. The number of hydrogen-bond donors (Lipinski definition) is 0. The second-order valence-electron chi connectivity index (χ2n) is 10.5. The molecule has 0 unspecified atom stereocenters. The van der Waals surface area contributed by atoms with Gasteiger partial charge in [-0.15, -0.1) is 0 Å². The minimum atomic E-state index is 0.0912. The molecule has 4 aromatic rings. The summed E-state index contributed by atoms with van der Waals surface area (Å²) >= 11 is 0. The molecule has 3 atom stereocenters. The Bertz CT molecular complexity index is 1430. The van der Waals surface area contributed by atoms with E-state index in [1.54, 1.807) is 6.20 Å². The molecule has 1 aliphatic carbocycles. The van der Waals surface area contributed by atoms with Gasteiger partial charge in [0.1, 0.15) is 0 Å². The Labute approximate surface area is 218 Å². The van der Waals surface area contributed by atoms with E-state index in [1.807, 2.05) is 72.8 Å². The van der Waals surface area contributed by atoms with Gasteiger partial charge in [-0.1, -0.05) is 79.6 Å². The lowest BCUT2D eigenvalue weighted by Gasteiger charge is -2.31. The van der Waals surface area contributed by atoms with E-state index in [2.05, 4.69) is 22.0 Å². The van der Waals surface area contributed by atoms with E-state index < -0.39 is 0 Å². The number of likely N-dealkylation sites (tertiary alicyclic amines) is 1. The second kappa shape index (κ2) is 10.3. The quantitative estimate of drug-likeness (QED) is 0.270. The third-order valence-corrected chi connectivity index (χ3v) is 8.40. The average molecular weight is 489 g/mol. The van der Waals surface area contributed by atoms with Crippen LogP contribution in [-0.4, -0.2) is 34.2 Å². The van der Waals surface area contributed by atoms with Crippen molar-refractivity contribution >= 4 is 22.6 Å². The van der Waals surface area contributed by atoms with E-state index in [1.165, 1.54) is 19.3 Å². The summed E-state index contributed by atoms with van der Waals surface area (Å²) in [4.78, 5) is 34.1. The van der Waals surface area contributed by atoms with E-state index in [4.69, 9.17) is 0 Å². The van der Waals surface area contributed by atoms with Crippen molar-refractivity contribution in [3.63, 3.8) is 0 Å². The first-order valence-electron chi connectivity index (χ1n) is 13.5. The van der Waals surface area contributed by atoms with Crippen LogP contribution < -0.4 is 0 Å². The Morgan fingerprint density at radius 3 is 2.46 bits per heavy atom. The highest BCUT2D eigenvalue weighted by Crippen LogP contribution is 2.43. The normalized spacial score (nSPS) is 21.1. The van der Waals surface area contributed by atoms with Crippen molar-refractivity contribution in [1.82, 2.24) is 9.88 Å². The maximum absolute atomic E-state index is 14.1. The number of rotatable bonds is 6. The molecule has 0 radical (unpaired) electrons. The van der Waals surface area contributed by atoms with Crippen LogP contribution in [0, 0.1) is 11.8 Å². The fraction of sp³-hybridized carbons (Fsp3) is 0.303. The summed E-state index contributed by atoms with van der Waals surface area (Å²) in [6.07, 6.45) is 7.62. The Morgan fingerprint density at radius 1 is 0.811 bits per heavy atom. The van der Waals surface area contributed by atoms with Crippen LogP contribution >= 0.6 is 0 Å². The number of carbonyl (C=O) groups is 2. The van der Waals surface area contributed by atoms with E-state index in [-0.39, 0.29) is 17.7 Å². The van der Waals surface area contributed by atoms with Gasteiger partial charge < -0.3 is 4.90 Å². The lowest BCUT2D eigenvalue weighted by Crippen LogP contribution is -2.38. The Morgan fingerprint density at radius 2 is 1.57 bits per heavy atom. The molecule has 4 heteroatoms. The molecular weight excluding hydrogens is 456 g/mol. The standard InChI is InChI=1S/C33H32N2O2/c36-31(29-18-8-13-24-14-9-21-34-32(24)29)20-19-30-27-16-5-4-12-25(27)22-35(30)33(37)28-17-7-6-15-26(28)23-10-2-1-3-11-23/h1-3,6-11,13-15,17-18,21,25,27,30H,4-5,12,16,19-20,22H2/t25-,27-,30+/m0/s1. The molecule has 37 heavy (non-hydrogen) atoms. The van der Waals surface area contributed by atoms with Crippen molar-refractivity contribution in [2.24, 2.45) is 11.8 Å². The van der Waals surface area contributed by atoms with Crippen LogP contribution in [0.3, 0.4) is 0 Å². The first kappa shape index (κ1) is 23.6. The zero-order chi connectivity index (χ0) is 25.2. The smallest absolute Gasteiger partial charge is 0.254 e. The van der Waals surface area contributed by atoms with Crippen LogP contribution in [0.25, 0.3) is 22.0 Å². The monoisotopic (exact) mass is 488 g/mol. The minimum absolute atomic E-state index is 0.0912. The van der Waals surface area contributed by atoms with Crippen LogP contribution in [0.1, 0.15) is 59.2 Å². The number of nitrogens with zero attached hydrogens (tertiary/aromatic N) is 2. The zero-order valence-corrected chi connectivity index (χ0v) is 21.1. The molecule has 186 valence electrons. The summed E-state index contributed by atoms with van der Waals surface area (Å²) in [6, 6.07) is 27.9. The summed E-state index contributed by atoms with van der Waals surface area (Å²) in [5.41, 5.74) is 4.23. The molecule has 1 saturated heterocycles. The van der Waals surface area contributed by atoms with Crippen LogP contribution in [0.2, 0.25) is 0 Å². The molecule has 2 aliphatic rings. The topological polar surface area (TPSA) is 50.3 Å². The van der Waals surface area contributed by atoms with E-state index in [0.29, 0.717) is 30.2 Å². The van der Waals surface area contributed by atoms with Crippen LogP contribution in [0.5, 0.6) is 0 Å². The van der Waals surface area contributed by atoms with Crippen molar-refractivity contribution in [2.45, 2.75) is 44.6 Å². The molecule has 1 amide bonds. The molecule has 4 nitrogen and oxygen atoms in total. The number of hydrogen-bond acceptors (Lipinski definition) is 3. The molecule has 2 heterocycles. The van der Waals surface area contributed by atoms with Gasteiger partial charge in [0.05, 0.1) is 5.52 Å². The molecule has 1 aliphatic heterocycles. The second-order valence-corrected chi connectivity index (χ2v) is 10.5. The maximum Gasteiger partial charge on any atom is 0.254 e. The van der Waals surface area contributed by atoms with Crippen molar-refractivity contribution in [1.29, 1.82) is 0 Å². The molecule has 2 fully saturated rings. The van der Waals surface area contributed by atoms with E-state index in [9.17, 15) is 9.59 Å². The molecular formula is C33H32N2O2. The van der Waals surface area contributed by atoms with Gasteiger partial charge in [0.2, 0.25) is 0 Å². The van der Waals surface area contributed by atoms with E-state index in [0.717, 1.165) is 40.6 Å². The van der Waals surface area contributed by atoms with Gasteiger partial charge in [0.15, 0.2) is 5.78 Å². The predicted molar refractivity (Wildman–Crippen MR) is 147 cm³/mol. The van der Waals surface area contributed by atoms with Crippen molar-refractivity contribution < 1.29 is 9.59 Å². The number of fused-ring (bicyclic) bond motifs is 2. The molecule has 0 spiro atoms. The summed E-state index contributed by atoms with van der Waals surface area (Å²) in [5.74, 6) is 1.21. The first-order valence-corrected chi connectivity index (χ1v) is 13.5. The highest BCUT2D eigenvalue weighted by Gasteiger charge is 2.44. The number of aromatic nitrogens is 1. The summed E-state index contributed by atoms with van der Waals surface area (Å²) in [6.45, 7) is 0.793. The Kier molecular flexibility index (Phi) is 6.57. The average Bonchev–Trinajstić information content (AvgIpc) is 3.34. The first-order chi connectivity index (χ1) is 18.2. The molecule has 3 aromatic carbocycles. The van der Waals surface area contributed by atoms with Crippen molar-refractivity contribution in [3.05, 3.63) is 102 Å². The van der Waals surface area contributed by atoms with Crippen LogP contribution in [0.15, 0.2) is 91.1 Å². The number of ketones is 1. The fourth-order valence-corrected chi connectivity index (χ4v) is 6.63.